The van der Waals surface area contributed by atoms with Crippen LogP contribution in [-0.2, 0) is 38.0 Å². The summed E-state index contributed by atoms with van der Waals surface area (Å²) in [5, 5.41) is 119. The fourth-order valence-electron chi connectivity index (χ4n) is 15.1. The average Bonchev–Trinajstić information content (AvgIpc) is 3.29. The summed E-state index contributed by atoms with van der Waals surface area (Å²) in [6.07, 6.45) is -18.6. The van der Waals surface area contributed by atoms with Crippen molar-refractivity contribution in [1.29, 1.82) is 0 Å². The number of hydrogen-bond acceptors (Lipinski definition) is 19. The number of carbonyl (C=O) groups is 2. The van der Waals surface area contributed by atoms with Crippen LogP contribution in [0.5, 0.6) is 0 Å². The van der Waals surface area contributed by atoms with Crippen molar-refractivity contribution in [1.82, 2.24) is 0 Å². The van der Waals surface area contributed by atoms with Crippen molar-refractivity contribution in [2.45, 2.75) is 204 Å². The molecule has 8 aliphatic rings. The normalized spacial score (nSPS) is 56.6. The summed E-state index contributed by atoms with van der Waals surface area (Å²) >= 11 is 0. The number of esters is 1. The zero-order valence-corrected chi connectivity index (χ0v) is 39.6. The number of aliphatic hydroxyl groups is 11. The van der Waals surface area contributed by atoms with E-state index in [9.17, 15) is 65.8 Å². The van der Waals surface area contributed by atoms with Crippen LogP contribution < -0.4 is 0 Å². The molecule has 0 aromatic rings. The van der Waals surface area contributed by atoms with Crippen molar-refractivity contribution in [3.63, 3.8) is 0 Å². The average molecular weight is 957 g/mol. The molecule has 8 rings (SSSR count). The number of hydrogen-bond donors (Lipinski definition) is 11. The molecule has 0 aromatic carbocycles. The zero-order chi connectivity index (χ0) is 49.1. The quantitative estimate of drug-likeness (QED) is 0.0764. The van der Waals surface area contributed by atoms with E-state index in [1.165, 1.54) is 12.5 Å². The van der Waals surface area contributed by atoms with Gasteiger partial charge in [0.1, 0.15) is 73.4 Å². The minimum atomic E-state index is -1.87. The second-order valence-electron chi connectivity index (χ2n) is 22.7. The Morgan fingerprint density at radius 1 is 0.731 bits per heavy atom. The fourth-order valence-corrected chi connectivity index (χ4v) is 15.1. The topological polar surface area (TPSA) is 312 Å². The molecule has 27 atom stereocenters. The summed E-state index contributed by atoms with van der Waals surface area (Å²) in [6.45, 7) is 13.0. The number of carbonyl (C=O) groups excluding carboxylic acids is 2. The standard InChI is InChI=1S/C48H76O19/c1-20-10-13-48(15-14-46(6)23(29(48)21(20)2)8-9-28-44(4)16-24(51)39(60)45(5,19-50)27(44)11-12-47(28,46)7)43(61)67-42-36(58)33(55)31(53)26(65-42)18-62-40-37(59)34(56)38(25(17-49)64-40)66-41-35(57)32(54)30(52)22(3)63-41/h8,19-22,24-42,49,51-60H,9-18H2,1-7H3/t20-,21+,22+,24-,25-,26-,27-,28-,29+,30+,31-,32-,33+,34-,35-,36-,37-,38-,39+,40-,41+,42+,44+,45+,46-,47-,48+/m1/s1. The molecule has 11 N–H and O–H groups in total. The third-order valence-corrected chi connectivity index (χ3v) is 19.6. The molecule has 4 saturated carbocycles. The van der Waals surface area contributed by atoms with Gasteiger partial charge < -0.3 is 89.4 Å². The Hall–Kier alpha value is -1.76. The van der Waals surface area contributed by atoms with E-state index in [0.717, 1.165) is 19.1 Å². The van der Waals surface area contributed by atoms with Gasteiger partial charge in [-0.2, -0.15) is 0 Å². The third kappa shape index (κ3) is 7.83. The lowest BCUT2D eigenvalue weighted by Gasteiger charge is -2.71. The van der Waals surface area contributed by atoms with Crippen molar-refractivity contribution in [2.75, 3.05) is 13.2 Å². The molecule has 7 fully saturated rings. The summed E-state index contributed by atoms with van der Waals surface area (Å²) in [4.78, 5) is 27.7. The van der Waals surface area contributed by atoms with Crippen LogP contribution >= 0.6 is 0 Å². The molecular weight excluding hydrogens is 881 g/mol. The second-order valence-corrected chi connectivity index (χ2v) is 22.7. The first-order valence-electron chi connectivity index (χ1n) is 24.4. The van der Waals surface area contributed by atoms with Gasteiger partial charge in [0.05, 0.1) is 42.4 Å². The molecule has 0 unspecified atom stereocenters. The van der Waals surface area contributed by atoms with E-state index in [4.69, 9.17) is 28.4 Å². The summed E-state index contributed by atoms with van der Waals surface area (Å²) in [6, 6.07) is 0. The lowest BCUT2D eigenvalue weighted by Crippen LogP contribution is -2.68. The number of aldehydes is 1. The highest BCUT2D eigenvalue weighted by molar-refractivity contribution is 5.79. The van der Waals surface area contributed by atoms with Gasteiger partial charge in [0.2, 0.25) is 6.29 Å². The van der Waals surface area contributed by atoms with Crippen molar-refractivity contribution in [2.24, 2.45) is 56.7 Å². The van der Waals surface area contributed by atoms with Gasteiger partial charge in [-0.3, -0.25) is 4.79 Å². The Bertz CT molecular complexity index is 1850. The molecule has 3 aliphatic heterocycles. The smallest absolute Gasteiger partial charge is 0.315 e. The van der Waals surface area contributed by atoms with Gasteiger partial charge in [0.15, 0.2) is 12.6 Å². The molecule has 0 radical (unpaired) electrons. The number of allylic oxidation sites excluding steroid dienone is 2. The first kappa shape index (κ1) is 51.6. The highest BCUT2D eigenvalue weighted by atomic mass is 16.8. The maximum atomic E-state index is 15.0. The van der Waals surface area contributed by atoms with Crippen molar-refractivity contribution < 1.29 is 94.2 Å². The van der Waals surface area contributed by atoms with E-state index >= 15 is 0 Å². The van der Waals surface area contributed by atoms with Crippen molar-refractivity contribution >= 4 is 12.3 Å². The van der Waals surface area contributed by atoms with E-state index in [-0.39, 0.29) is 40.4 Å². The highest BCUT2D eigenvalue weighted by Gasteiger charge is 2.71. The maximum absolute atomic E-state index is 15.0. The fraction of sp³-hybridized carbons (Fsp3) is 0.917. The second kappa shape index (κ2) is 18.4. The molecule has 0 amide bonds. The third-order valence-electron chi connectivity index (χ3n) is 19.6. The van der Waals surface area contributed by atoms with Crippen LogP contribution in [-0.4, -0.2) is 186 Å². The molecule has 5 aliphatic carbocycles. The van der Waals surface area contributed by atoms with Crippen molar-refractivity contribution in [3.05, 3.63) is 11.6 Å². The maximum Gasteiger partial charge on any atom is 0.315 e. The summed E-state index contributed by atoms with van der Waals surface area (Å²) in [5.74, 6) is -0.604. The van der Waals surface area contributed by atoms with E-state index in [2.05, 4.69) is 40.7 Å². The summed E-state index contributed by atoms with van der Waals surface area (Å²) < 4.78 is 34.7. The van der Waals surface area contributed by atoms with Crippen LogP contribution in [0.3, 0.4) is 0 Å². The molecule has 0 spiro atoms. The SMILES string of the molecule is C[C@H]1[C@H](C)CC[C@]2(C(=O)O[C@@H]3O[C@H](CO[C@@H]4O[C@H](CO)[C@@H](O[C@@H]5O[C@@H](C)[C@H](O)[C@@H](O)[C@H]5O)[C@H](O)[C@H]4O)[C@@H](O)[C@H](O)[C@H]3O)CC[C@]3(C)C(=CC[C@@H]4[C@@]5(C)C[C@@H](O)[C@H](O)[C@@](C)(C=O)[C@@H]5CC[C@]43C)[C@H]12. The molecule has 3 heterocycles. The molecule has 19 heteroatoms. The van der Waals surface area contributed by atoms with Crippen LogP contribution in [0, 0.1) is 56.7 Å². The van der Waals surface area contributed by atoms with Gasteiger partial charge in [0, 0.05) is 0 Å². The predicted octanol–water partition coefficient (Wildman–Crippen LogP) is -0.826. The van der Waals surface area contributed by atoms with Gasteiger partial charge in [0.25, 0.3) is 0 Å². The number of aliphatic hydroxyl groups excluding tert-OH is 11. The zero-order valence-electron chi connectivity index (χ0n) is 39.6. The van der Waals surface area contributed by atoms with E-state index in [0.29, 0.717) is 38.5 Å². The molecule has 3 saturated heterocycles. The first-order valence-corrected chi connectivity index (χ1v) is 24.4. The summed E-state index contributed by atoms with van der Waals surface area (Å²) in [7, 11) is 0. The number of ether oxygens (including phenoxy) is 6. The molecule has 0 bridgehead atoms. The van der Waals surface area contributed by atoms with Gasteiger partial charge in [-0.1, -0.05) is 53.2 Å². The lowest BCUT2D eigenvalue weighted by atomic mass is 9.33. The molecule has 0 aromatic heterocycles. The number of rotatable bonds is 9. The van der Waals surface area contributed by atoms with Crippen molar-refractivity contribution in [3.8, 4) is 0 Å². The largest absolute Gasteiger partial charge is 0.432 e. The van der Waals surface area contributed by atoms with Crippen LogP contribution in [0.2, 0.25) is 0 Å². The lowest BCUT2D eigenvalue weighted by molar-refractivity contribution is -0.361. The van der Waals surface area contributed by atoms with E-state index in [1.54, 1.807) is 6.92 Å². The minimum absolute atomic E-state index is 0.0448. The first-order chi connectivity index (χ1) is 31.4. The summed E-state index contributed by atoms with van der Waals surface area (Å²) in [5.41, 5.74) is -2.04. The Labute approximate surface area is 391 Å². The van der Waals surface area contributed by atoms with Gasteiger partial charge in [-0.25, -0.2) is 0 Å². The molecule has 67 heavy (non-hydrogen) atoms. The van der Waals surface area contributed by atoms with Crippen LogP contribution in [0.15, 0.2) is 11.6 Å². The van der Waals surface area contributed by atoms with Crippen LogP contribution in [0.4, 0.5) is 0 Å². The van der Waals surface area contributed by atoms with Gasteiger partial charge in [-0.05, 0) is 104 Å². The molecular formula is C48H76O19. The predicted molar refractivity (Wildman–Crippen MR) is 230 cm³/mol. The Kier molecular flexibility index (Phi) is 14.1. The molecule has 19 nitrogen and oxygen atoms in total. The van der Waals surface area contributed by atoms with Crippen LogP contribution in [0.1, 0.15) is 99.8 Å². The van der Waals surface area contributed by atoms with E-state index in [1.807, 2.05) is 0 Å². The Morgan fingerprint density at radius 3 is 2.04 bits per heavy atom. The van der Waals surface area contributed by atoms with Gasteiger partial charge >= 0.3 is 5.97 Å². The highest BCUT2D eigenvalue weighted by Crippen LogP contribution is 2.76. The molecule has 382 valence electrons. The minimum Gasteiger partial charge on any atom is -0.432 e. The van der Waals surface area contributed by atoms with Crippen LogP contribution in [0.25, 0.3) is 0 Å². The Balaban J connectivity index is 0.986. The monoisotopic (exact) mass is 956 g/mol. The van der Waals surface area contributed by atoms with E-state index < -0.39 is 140 Å². The van der Waals surface area contributed by atoms with Gasteiger partial charge in [-0.15, -0.1) is 0 Å². The number of fused-ring (bicyclic) bond motifs is 7. The Morgan fingerprint density at radius 2 is 1.37 bits per heavy atom.